The zero-order valence-electron chi connectivity index (χ0n) is 15.8. The molecule has 1 amide bonds. The Morgan fingerprint density at radius 3 is 2.71 bits per heavy atom. The number of hydrogen-bond donors (Lipinski definition) is 1. The van der Waals surface area contributed by atoms with Gasteiger partial charge in [-0.05, 0) is 72.7 Å². The lowest BCUT2D eigenvalue weighted by atomic mass is 10.1. The van der Waals surface area contributed by atoms with Gasteiger partial charge in [0.1, 0.15) is 5.75 Å². The molecule has 7 heteroatoms. The standard InChI is InChI=1S/C21H21N5O2/c1-14-3-11-19(28-2)16(13-14)6-12-20(27)22-17-7-4-15(5-8-17)21-23-24-25-26(21)18-9-10-18/h3-8,11-13,18H,9-10H2,1-2H3,(H,22,27)/b12-6+. The molecule has 0 atom stereocenters. The summed E-state index contributed by atoms with van der Waals surface area (Å²) in [7, 11) is 1.61. The van der Waals surface area contributed by atoms with E-state index >= 15 is 0 Å². The summed E-state index contributed by atoms with van der Waals surface area (Å²) in [6, 6.07) is 13.8. The van der Waals surface area contributed by atoms with E-state index in [2.05, 4.69) is 20.8 Å². The van der Waals surface area contributed by atoms with Crippen LogP contribution < -0.4 is 10.1 Å². The van der Waals surface area contributed by atoms with Crippen LogP contribution in [0.25, 0.3) is 17.5 Å². The summed E-state index contributed by atoms with van der Waals surface area (Å²) in [6.45, 7) is 2.00. The first kappa shape index (κ1) is 17.9. The van der Waals surface area contributed by atoms with Gasteiger partial charge in [-0.15, -0.1) is 5.10 Å². The molecule has 1 fully saturated rings. The molecule has 1 N–H and O–H groups in total. The summed E-state index contributed by atoms with van der Waals surface area (Å²) >= 11 is 0. The molecule has 0 saturated heterocycles. The van der Waals surface area contributed by atoms with E-state index in [0.29, 0.717) is 11.7 Å². The Labute approximate surface area is 163 Å². The first-order valence-electron chi connectivity index (χ1n) is 9.16. The van der Waals surface area contributed by atoms with Crippen molar-refractivity contribution in [2.24, 2.45) is 0 Å². The van der Waals surface area contributed by atoms with Crippen LogP contribution in [-0.4, -0.2) is 33.2 Å². The quantitative estimate of drug-likeness (QED) is 0.665. The predicted octanol–water partition coefficient (Wildman–Crippen LogP) is 3.64. The summed E-state index contributed by atoms with van der Waals surface area (Å²) in [6.07, 6.45) is 5.48. The number of benzene rings is 2. The largest absolute Gasteiger partial charge is 0.496 e. The molecule has 0 unspecified atom stereocenters. The second-order valence-corrected chi connectivity index (χ2v) is 6.82. The summed E-state index contributed by atoms with van der Waals surface area (Å²) in [4.78, 5) is 12.3. The van der Waals surface area contributed by atoms with Crippen LogP contribution in [0.1, 0.15) is 30.0 Å². The Hall–Kier alpha value is -3.48. The van der Waals surface area contributed by atoms with E-state index in [-0.39, 0.29) is 5.91 Å². The van der Waals surface area contributed by atoms with Crippen molar-refractivity contribution >= 4 is 17.7 Å². The normalized spacial score (nSPS) is 13.6. The van der Waals surface area contributed by atoms with Gasteiger partial charge >= 0.3 is 0 Å². The zero-order valence-corrected chi connectivity index (χ0v) is 15.8. The molecule has 1 saturated carbocycles. The molecule has 3 aromatic rings. The Bertz CT molecular complexity index is 1020. The van der Waals surface area contributed by atoms with Crippen LogP contribution in [0.15, 0.2) is 48.5 Å². The minimum absolute atomic E-state index is 0.209. The molecule has 7 nitrogen and oxygen atoms in total. The lowest BCUT2D eigenvalue weighted by Gasteiger charge is -2.06. The third-order valence-electron chi connectivity index (χ3n) is 4.60. The van der Waals surface area contributed by atoms with E-state index in [9.17, 15) is 4.79 Å². The number of carbonyl (C=O) groups is 1. The third-order valence-corrected chi connectivity index (χ3v) is 4.60. The number of rotatable bonds is 6. The number of ether oxygens (including phenoxy) is 1. The van der Waals surface area contributed by atoms with Gasteiger partial charge in [0.15, 0.2) is 5.82 Å². The average molecular weight is 375 g/mol. The van der Waals surface area contributed by atoms with E-state index in [1.54, 1.807) is 13.2 Å². The average Bonchev–Trinajstić information content (AvgIpc) is 3.44. The van der Waals surface area contributed by atoms with Gasteiger partial charge < -0.3 is 10.1 Å². The Morgan fingerprint density at radius 2 is 2.00 bits per heavy atom. The predicted molar refractivity (Wildman–Crippen MR) is 107 cm³/mol. The SMILES string of the molecule is COc1ccc(C)cc1/C=C/C(=O)Nc1ccc(-c2nnnn2C2CC2)cc1. The number of carbonyl (C=O) groups excluding carboxylic acids is 1. The number of methoxy groups -OCH3 is 1. The molecule has 4 rings (SSSR count). The van der Waals surface area contributed by atoms with Crippen molar-refractivity contribution in [3.8, 4) is 17.1 Å². The van der Waals surface area contributed by atoms with Crippen LogP contribution in [0.5, 0.6) is 5.75 Å². The number of aromatic nitrogens is 4. The molecular formula is C21H21N5O2. The van der Waals surface area contributed by atoms with E-state index in [1.807, 2.05) is 54.1 Å². The van der Waals surface area contributed by atoms with E-state index in [4.69, 9.17) is 4.74 Å². The van der Waals surface area contributed by atoms with E-state index < -0.39 is 0 Å². The van der Waals surface area contributed by atoms with Crippen LogP contribution >= 0.6 is 0 Å². The van der Waals surface area contributed by atoms with Crippen LogP contribution in [0.3, 0.4) is 0 Å². The van der Waals surface area contributed by atoms with Crippen LogP contribution in [0.2, 0.25) is 0 Å². The molecule has 1 heterocycles. The van der Waals surface area contributed by atoms with Crippen LogP contribution in [-0.2, 0) is 4.79 Å². The van der Waals surface area contributed by atoms with Gasteiger partial charge in [-0.3, -0.25) is 4.79 Å². The van der Waals surface area contributed by atoms with Gasteiger partial charge in [0, 0.05) is 22.9 Å². The topological polar surface area (TPSA) is 81.9 Å². The van der Waals surface area contributed by atoms with Gasteiger partial charge in [0.05, 0.1) is 13.2 Å². The molecule has 0 bridgehead atoms. The van der Waals surface area contributed by atoms with Gasteiger partial charge in [0.25, 0.3) is 0 Å². The number of nitrogens with zero attached hydrogens (tertiary/aromatic N) is 4. The zero-order chi connectivity index (χ0) is 19.5. The minimum Gasteiger partial charge on any atom is -0.496 e. The second kappa shape index (κ2) is 7.64. The molecule has 28 heavy (non-hydrogen) atoms. The lowest BCUT2D eigenvalue weighted by Crippen LogP contribution is -2.07. The van der Waals surface area contributed by atoms with Crippen molar-refractivity contribution in [3.63, 3.8) is 0 Å². The highest BCUT2D eigenvalue weighted by molar-refractivity contribution is 6.02. The molecule has 1 aromatic heterocycles. The summed E-state index contributed by atoms with van der Waals surface area (Å²) in [5.41, 5.74) is 3.60. The number of aryl methyl sites for hydroxylation is 1. The molecule has 1 aliphatic carbocycles. The highest BCUT2D eigenvalue weighted by Gasteiger charge is 2.28. The van der Waals surface area contributed by atoms with Gasteiger partial charge in [-0.25, -0.2) is 4.68 Å². The number of hydrogen-bond acceptors (Lipinski definition) is 5. The maximum atomic E-state index is 12.3. The second-order valence-electron chi connectivity index (χ2n) is 6.82. The first-order valence-corrected chi connectivity index (χ1v) is 9.16. The van der Waals surface area contributed by atoms with Crippen molar-refractivity contribution in [2.45, 2.75) is 25.8 Å². The van der Waals surface area contributed by atoms with E-state index in [1.165, 1.54) is 6.08 Å². The molecule has 0 radical (unpaired) electrons. The summed E-state index contributed by atoms with van der Waals surface area (Å²) < 4.78 is 7.20. The van der Waals surface area contributed by atoms with Gasteiger partial charge in [0.2, 0.25) is 5.91 Å². The fourth-order valence-electron chi connectivity index (χ4n) is 2.98. The highest BCUT2D eigenvalue weighted by Crippen LogP contribution is 2.36. The van der Waals surface area contributed by atoms with Crippen molar-refractivity contribution in [3.05, 3.63) is 59.7 Å². The highest BCUT2D eigenvalue weighted by atomic mass is 16.5. The maximum absolute atomic E-state index is 12.3. The Morgan fingerprint density at radius 1 is 1.21 bits per heavy atom. The fraction of sp³-hybridized carbons (Fsp3) is 0.238. The fourth-order valence-corrected chi connectivity index (χ4v) is 2.98. The number of nitrogens with one attached hydrogen (secondary N) is 1. The molecule has 142 valence electrons. The molecule has 0 spiro atoms. The third kappa shape index (κ3) is 3.93. The minimum atomic E-state index is -0.209. The van der Waals surface area contributed by atoms with Crippen LogP contribution in [0.4, 0.5) is 5.69 Å². The van der Waals surface area contributed by atoms with Gasteiger partial charge in [-0.2, -0.15) is 0 Å². The lowest BCUT2D eigenvalue weighted by molar-refractivity contribution is -0.111. The van der Waals surface area contributed by atoms with Crippen molar-refractivity contribution in [1.82, 2.24) is 20.2 Å². The van der Waals surface area contributed by atoms with E-state index in [0.717, 1.165) is 41.1 Å². The van der Waals surface area contributed by atoms with Gasteiger partial charge in [-0.1, -0.05) is 11.6 Å². The Balaban J connectivity index is 1.44. The smallest absolute Gasteiger partial charge is 0.248 e. The number of amides is 1. The number of tetrazole rings is 1. The van der Waals surface area contributed by atoms with Crippen LogP contribution in [0, 0.1) is 6.92 Å². The molecule has 0 aliphatic heterocycles. The summed E-state index contributed by atoms with van der Waals surface area (Å²) in [5, 5.41) is 14.8. The Kier molecular flexibility index (Phi) is 4.89. The van der Waals surface area contributed by atoms with Crippen molar-refractivity contribution in [1.29, 1.82) is 0 Å². The molecule has 2 aromatic carbocycles. The first-order chi connectivity index (χ1) is 13.6. The van der Waals surface area contributed by atoms with Crippen molar-refractivity contribution < 1.29 is 9.53 Å². The molecule has 1 aliphatic rings. The monoisotopic (exact) mass is 375 g/mol. The number of anilines is 1. The summed E-state index contributed by atoms with van der Waals surface area (Å²) in [5.74, 6) is 1.28. The molecular weight excluding hydrogens is 354 g/mol. The maximum Gasteiger partial charge on any atom is 0.248 e. The van der Waals surface area contributed by atoms with Crippen molar-refractivity contribution in [2.75, 3.05) is 12.4 Å².